The number of carbonyl (C=O) groups excluding carboxylic acids is 1. The number of nitrogens with one attached hydrogen (secondary N) is 1. The summed E-state index contributed by atoms with van der Waals surface area (Å²) in [5.41, 5.74) is 3.51. The molecule has 0 saturated carbocycles. The van der Waals surface area contributed by atoms with Crippen LogP contribution in [0.2, 0.25) is 0 Å². The molecule has 0 aliphatic rings. The van der Waals surface area contributed by atoms with Crippen molar-refractivity contribution in [3.8, 4) is 11.4 Å². The van der Waals surface area contributed by atoms with Gasteiger partial charge in [-0.25, -0.2) is 4.98 Å². The summed E-state index contributed by atoms with van der Waals surface area (Å²) in [7, 11) is 0. The predicted molar refractivity (Wildman–Crippen MR) is 66.9 cm³/mol. The molecule has 0 amide bonds. The molecule has 3 nitrogen and oxygen atoms in total. The fourth-order valence-corrected chi connectivity index (χ4v) is 1.85. The van der Waals surface area contributed by atoms with Gasteiger partial charge < -0.3 is 4.98 Å². The first kappa shape index (κ1) is 9.78. The van der Waals surface area contributed by atoms with E-state index >= 15 is 0 Å². The van der Waals surface area contributed by atoms with Crippen molar-refractivity contribution in [2.24, 2.45) is 0 Å². The molecule has 82 valence electrons. The van der Waals surface area contributed by atoms with Gasteiger partial charge in [0.1, 0.15) is 12.1 Å². The monoisotopic (exact) mass is 222 g/mol. The highest BCUT2D eigenvalue weighted by Crippen LogP contribution is 2.20. The average Bonchev–Trinajstić information content (AvgIpc) is 2.82. The summed E-state index contributed by atoms with van der Waals surface area (Å²) in [4.78, 5) is 18.5. The minimum absolute atomic E-state index is 0.656. The van der Waals surface area contributed by atoms with Gasteiger partial charge in [0.25, 0.3) is 0 Å². The van der Waals surface area contributed by atoms with E-state index < -0.39 is 0 Å². The van der Waals surface area contributed by atoms with Gasteiger partial charge in [-0.15, -0.1) is 0 Å². The third-order valence-corrected chi connectivity index (χ3v) is 2.69. The van der Waals surface area contributed by atoms with Crippen LogP contribution < -0.4 is 0 Å². The maximum absolute atomic E-state index is 10.7. The largest absolute Gasteiger partial charge is 0.338 e. The number of imidazole rings is 1. The molecule has 3 heteroatoms. The lowest BCUT2D eigenvalue weighted by molar-refractivity contribution is 0.112. The lowest BCUT2D eigenvalue weighted by Crippen LogP contribution is -1.83. The van der Waals surface area contributed by atoms with Crippen LogP contribution in [0.25, 0.3) is 22.4 Å². The van der Waals surface area contributed by atoms with Gasteiger partial charge >= 0.3 is 0 Å². The summed E-state index contributed by atoms with van der Waals surface area (Å²) >= 11 is 0. The lowest BCUT2D eigenvalue weighted by Gasteiger charge is -1.96. The Morgan fingerprint density at radius 3 is 2.76 bits per heavy atom. The van der Waals surface area contributed by atoms with Crippen LogP contribution in [-0.2, 0) is 0 Å². The Kier molecular flexibility index (Phi) is 2.22. The van der Waals surface area contributed by atoms with E-state index in [2.05, 4.69) is 9.97 Å². The molecule has 1 heterocycles. The molecule has 0 bridgehead atoms. The Morgan fingerprint density at radius 1 is 1.06 bits per heavy atom. The van der Waals surface area contributed by atoms with Crippen LogP contribution in [0.5, 0.6) is 0 Å². The van der Waals surface area contributed by atoms with E-state index in [9.17, 15) is 4.79 Å². The van der Waals surface area contributed by atoms with Gasteiger partial charge in [0.05, 0.1) is 11.0 Å². The van der Waals surface area contributed by atoms with Crippen molar-refractivity contribution < 1.29 is 4.79 Å². The number of H-pyrrole nitrogens is 1. The van der Waals surface area contributed by atoms with Crippen LogP contribution in [0.1, 0.15) is 10.4 Å². The van der Waals surface area contributed by atoms with Crippen LogP contribution in [-0.4, -0.2) is 16.3 Å². The molecule has 0 fully saturated rings. The maximum Gasteiger partial charge on any atom is 0.150 e. The fourth-order valence-electron chi connectivity index (χ4n) is 1.85. The molecule has 0 aliphatic heterocycles. The Balaban J connectivity index is 2.16. The molecule has 0 radical (unpaired) electrons. The third-order valence-electron chi connectivity index (χ3n) is 2.69. The molecule has 0 saturated heterocycles. The van der Waals surface area contributed by atoms with Crippen molar-refractivity contribution in [1.29, 1.82) is 0 Å². The third kappa shape index (κ3) is 1.72. The van der Waals surface area contributed by atoms with Gasteiger partial charge in [-0.05, 0) is 18.2 Å². The van der Waals surface area contributed by atoms with E-state index in [1.165, 1.54) is 0 Å². The second-order valence-corrected chi connectivity index (χ2v) is 3.85. The number of fused-ring (bicyclic) bond motifs is 1. The normalized spacial score (nSPS) is 10.6. The summed E-state index contributed by atoms with van der Waals surface area (Å²) in [5.74, 6) is 0.787. The Labute approximate surface area is 98.1 Å². The predicted octanol–water partition coefficient (Wildman–Crippen LogP) is 3.04. The number of benzene rings is 2. The first-order valence-corrected chi connectivity index (χ1v) is 5.37. The van der Waals surface area contributed by atoms with E-state index in [0.717, 1.165) is 28.7 Å². The highest BCUT2D eigenvalue weighted by atomic mass is 16.1. The number of rotatable bonds is 2. The lowest BCUT2D eigenvalue weighted by atomic mass is 10.1. The van der Waals surface area contributed by atoms with Crippen molar-refractivity contribution in [2.75, 3.05) is 0 Å². The first-order chi connectivity index (χ1) is 8.36. The molecule has 3 aromatic rings. The van der Waals surface area contributed by atoms with E-state index in [-0.39, 0.29) is 0 Å². The average molecular weight is 222 g/mol. The van der Waals surface area contributed by atoms with Crippen molar-refractivity contribution >= 4 is 17.3 Å². The highest BCUT2D eigenvalue weighted by molar-refractivity contribution is 5.81. The fraction of sp³-hybridized carbons (Fsp3) is 0. The maximum atomic E-state index is 10.7. The molecule has 2 aromatic carbocycles. The van der Waals surface area contributed by atoms with Crippen LogP contribution in [0.4, 0.5) is 0 Å². The van der Waals surface area contributed by atoms with Crippen LogP contribution in [0.15, 0.2) is 48.5 Å². The standard InChI is InChI=1S/C14H10N2O/c17-9-10-4-3-5-11(8-10)14-15-12-6-1-2-7-13(12)16-14/h1-9H,(H,15,16). The van der Waals surface area contributed by atoms with Gasteiger partial charge in [-0.2, -0.15) is 0 Å². The summed E-state index contributed by atoms with van der Waals surface area (Å²) in [6.45, 7) is 0. The van der Waals surface area contributed by atoms with Crippen molar-refractivity contribution in [2.45, 2.75) is 0 Å². The number of carbonyl (C=O) groups is 1. The number of aromatic nitrogens is 2. The van der Waals surface area contributed by atoms with E-state index in [4.69, 9.17) is 0 Å². The first-order valence-electron chi connectivity index (χ1n) is 5.37. The van der Waals surface area contributed by atoms with E-state index in [1.54, 1.807) is 6.07 Å². The number of hydrogen-bond acceptors (Lipinski definition) is 2. The number of aldehydes is 1. The molecule has 0 atom stereocenters. The molecule has 0 unspecified atom stereocenters. The summed E-state index contributed by atoms with van der Waals surface area (Å²) in [6.07, 6.45) is 0.839. The van der Waals surface area contributed by atoms with Crippen molar-refractivity contribution in [3.63, 3.8) is 0 Å². The second-order valence-electron chi connectivity index (χ2n) is 3.85. The quantitative estimate of drug-likeness (QED) is 0.677. The van der Waals surface area contributed by atoms with Gasteiger partial charge in [-0.3, -0.25) is 4.79 Å². The Morgan fingerprint density at radius 2 is 1.94 bits per heavy atom. The molecular weight excluding hydrogens is 212 g/mol. The van der Waals surface area contributed by atoms with Crippen LogP contribution in [0, 0.1) is 0 Å². The topological polar surface area (TPSA) is 45.8 Å². The van der Waals surface area contributed by atoms with Crippen LogP contribution in [0.3, 0.4) is 0 Å². The van der Waals surface area contributed by atoms with Gasteiger partial charge in [0, 0.05) is 11.1 Å². The van der Waals surface area contributed by atoms with Crippen molar-refractivity contribution in [3.05, 3.63) is 54.1 Å². The second kappa shape index (κ2) is 3.87. The number of aromatic amines is 1. The summed E-state index contributed by atoms with van der Waals surface area (Å²) < 4.78 is 0. The number of nitrogens with zero attached hydrogens (tertiary/aromatic N) is 1. The Bertz CT molecular complexity index is 652. The molecule has 1 N–H and O–H groups in total. The van der Waals surface area contributed by atoms with Gasteiger partial charge in [-0.1, -0.05) is 30.3 Å². The molecular formula is C14H10N2O. The van der Waals surface area contributed by atoms with E-state index in [0.29, 0.717) is 5.56 Å². The molecule has 1 aromatic heterocycles. The molecule has 0 aliphatic carbocycles. The van der Waals surface area contributed by atoms with Crippen LogP contribution >= 0.6 is 0 Å². The SMILES string of the molecule is O=Cc1cccc(-c2nc3ccccc3[nH]2)c1. The van der Waals surface area contributed by atoms with E-state index in [1.807, 2.05) is 42.5 Å². The minimum Gasteiger partial charge on any atom is -0.338 e. The zero-order chi connectivity index (χ0) is 11.7. The summed E-state index contributed by atoms with van der Waals surface area (Å²) in [5, 5.41) is 0. The van der Waals surface area contributed by atoms with Gasteiger partial charge in [0.2, 0.25) is 0 Å². The summed E-state index contributed by atoms with van der Waals surface area (Å²) in [6, 6.07) is 15.2. The minimum atomic E-state index is 0.656. The smallest absolute Gasteiger partial charge is 0.150 e. The van der Waals surface area contributed by atoms with Crippen molar-refractivity contribution in [1.82, 2.24) is 9.97 Å². The Hall–Kier alpha value is -2.42. The molecule has 3 rings (SSSR count). The molecule has 0 spiro atoms. The van der Waals surface area contributed by atoms with Gasteiger partial charge in [0.15, 0.2) is 0 Å². The number of para-hydroxylation sites is 2. The zero-order valence-electron chi connectivity index (χ0n) is 9.05. The highest BCUT2D eigenvalue weighted by Gasteiger charge is 2.04. The zero-order valence-corrected chi connectivity index (χ0v) is 9.05. The number of hydrogen-bond donors (Lipinski definition) is 1. The molecule has 17 heavy (non-hydrogen) atoms.